The Morgan fingerprint density at radius 1 is 0.493 bits per heavy atom. The Kier molecular flexibility index (Phi) is 28.1. The van der Waals surface area contributed by atoms with Gasteiger partial charge in [0, 0.05) is 65.4 Å². The van der Waals surface area contributed by atoms with Crippen molar-refractivity contribution in [2.75, 3.05) is 91.6 Å². The lowest BCUT2D eigenvalue weighted by Crippen LogP contribution is -2.50. The normalized spacial score (nSPS) is 14.6. The zero-order chi connectivity index (χ0) is 48.7. The van der Waals surface area contributed by atoms with E-state index in [2.05, 4.69) is 10.6 Å². The fraction of sp³-hybridized carbons (Fsp3) is 0.531. The van der Waals surface area contributed by atoms with Gasteiger partial charge in [0.25, 0.3) is 0 Å². The van der Waals surface area contributed by atoms with E-state index in [-0.39, 0.29) is 69.8 Å². The van der Waals surface area contributed by atoms with Crippen molar-refractivity contribution in [2.45, 2.75) is 76.2 Å². The highest BCUT2D eigenvalue weighted by molar-refractivity contribution is 6.63. The molecule has 0 saturated carbocycles. The number of rotatable bonds is 21. The zero-order valence-electron chi connectivity index (χ0n) is 39.2. The lowest BCUT2D eigenvalue weighted by molar-refractivity contribution is -0.148. The molecule has 2 amide bonds. The van der Waals surface area contributed by atoms with E-state index >= 15 is 0 Å². The van der Waals surface area contributed by atoms with Crippen LogP contribution in [0.5, 0.6) is 0 Å². The molecule has 2 N–H and O–H groups in total. The van der Waals surface area contributed by atoms with Crippen LogP contribution in [-0.2, 0) is 57.9 Å². The number of halogens is 3. The molecule has 0 aliphatic carbocycles. The molecule has 0 atom stereocenters. The summed E-state index contributed by atoms with van der Waals surface area (Å²) in [6, 6.07) is 28.5. The number of nitrogens with zero attached hydrogens (tertiary/aromatic N) is 4. The lowest BCUT2D eigenvalue weighted by Gasteiger charge is -2.33. The molecule has 4 rings (SSSR count). The highest BCUT2D eigenvalue weighted by Crippen LogP contribution is 2.09. The molecule has 0 spiro atoms. The van der Waals surface area contributed by atoms with Gasteiger partial charge in [-0.2, -0.15) is 0 Å². The van der Waals surface area contributed by atoms with Crippen LogP contribution in [0.25, 0.3) is 0 Å². The summed E-state index contributed by atoms with van der Waals surface area (Å²) in [5, 5.41) is 5.83. The van der Waals surface area contributed by atoms with Crippen molar-refractivity contribution in [1.29, 1.82) is 0 Å². The van der Waals surface area contributed by atoms with E-state index in [1.807, 2.05) is 131 Å². The number of hydrogen-bond acceptors (Lipinski definition) is 13. The minimum atomic E-state index is -0.750. The Labute approximate surface area is 411 Å². The minimum absolute atomic E-state index is 0.0285. The van der Waals surface area contributed by atoms with Crippen LogP contribution >= 0.6 is 34.8 Å². The molecule has 1 aliphatic rings. The van der Waals surface area contributed by atoms with Gasteiger partial charge < -0.3 is 29.6 Å². The number of benzene rings is 3. The van der Waals surface area contributed by atoms with Crippen molar-refractivity contribution >= 4 is 64.7 Å². The van der Waals surface area contributed by atoms with Gasteiger partial charge in [0.05, 0.1) is 26.2 Å². The molecule has 0 aromatic heterocycles. The topological polar surface area (TPSA) is 159 Å². The van der Waals surface area contributed by atoms with E-state index in [1.54, 1.807) is 0 Å². The first kappa shape index (κ1) is 56.8. The van der Waals surface area contributed by atoms with Crippen LogP contribution in [0.3, 0.4) is 0 Å². The number of amides is 2. The summed E-state index contributed by atoms with van der Waals surface area (Å²) in [7, 11) is 0. The molecule has 67 heavy (non-hydrogen) atoms. The predicted molar refractivity (Wildman–Crippen MR) is 262 cm³/mol. The second-order valence-electron chi connectivity index (χ2n) is 17.0. The quantitative estimate of drug-likeness (QED) is 0.0508. The first-order chi connectivity index (χ1) is 32.1. The highest BCUT2D eigenvalue weighted by Gasteiger charge is 2.23. The number of alkyl carbamates (subject to hydrolysis) is 1. The Balaban J connectivity index is 0.00000285. The Bertz CT molecular complexity index is 1790. The van der Waals surface area contributed by atoms with Crippen LogP contribution in [0.4, 0.5) is 4.79 Å². The second kappa shape index (κ2) is 33.1. The van der Waals surface area contributed by atoms with Gasteiger partial charge in [-0.25, -0.2) is 4.79 Å². The van der Waals surface area contributed by atoms with Gasteiger partial charge in [-0.3, -0.25) is 38.8 Å². The molecule has 0 unspecified atom stereocenters. The monoisotopic (exact) mass is 990 g/mol. The van der Waals surface area contributed by atoms with Crippen LogP contribution in [0.1, 0.15) is 63.1 Å². The van der Waals surface area contributed by atoms with E-state index in [0.717, 1.165) is 42.4 Å². The first-order valence-corrected chi connectivity index (χ1v) is 24.1. The molecular formula is C49H69Cl3N6O9. The van der Waals surface area contributed by atoms with Crippen LogP contribution in [0, 0.1) is 0 Å². The molecule has 1 aliphatic heterocycles. The van der Waals surface area contributed by atoms with E-state index in [4.69, 9.17) is 53.8 Å². The summed E-state index contributed by atoms with van der Waals surface area (Å²) in [5.41, 5.74) is 2.13. The third-order valence-corrected chi connectivity index (χ3v) is 10.2. The minimum Gasteiger partial charge on any atom is -0.460 e. The Morgan fingerprint density at radius 3 is 1.10 bits per heavy atom. The number of nitrogens with one attached hydrogen (secondary N) is 2. The summed E-state index contributed by atoms with van der Waals surface area (Å²) in [6.07, 6.45) is 2.98. The van der Waals surface area contributed by atoms with Gasteiger partial charge in [0.1, 0.15) is 25.4 Å². The predicted octanol–water partition coefficient (Wildman–Crippen LogP) is 6.63. The summed E-state index contributed by atoms with van der Waals surface area (Å²) in [5.74, 6) is -1.23. The van der Waals surface area contributed by atoms with Crippen LogP contribution in [-0.4, -0.2) is 151 Å². The molecule has 15 nitrogen and oxygen atoms in total. The number of unbranched alkanes of at least 4 members (excludes halogenated alkanes) is 3. The van der Waals surface area contributed by atoms with Gasteiger partial charge in [-0.1, -0.05) is 139 Å². The van der Waals surface area contributed by atoms with Gasteiger partial charge in [-0.05, 0) is 50.3 Å². The van der Waals surface area contributed by atoms with Gasteiger partial charge in [0.2, 0.25) is 5.91 Å². The standard InChI is InChI=1S/C48H68N6O9.CHCl3/c1-48(2,3)63-47(59)50-24-16-5-4-15-23-49-43(55)33-51-25-27-52(34-44(56)60-37-40-17-9-6-10-18-40)29-31-54(36-46(58)62-39-42-21-13-8-14-22-42)32-30-53(28-26-51)35-45(57)61-38-41-19-11-7-12-20-41;2-1(3)4/h6-14,17-22H,4-5,15-16,23-39H2,1-3H3,(H,49,55)(H,50,59);1H. The largest absolute Gasteiger partial charge is 0.460 e. The van der Waals surface area contributed by atoms with Crippen LogP contribution < -0.4 is 10.6 Å². The van der Waals surface area contributed by atoms with E-state index in [1.165, 1.54) is 0 Å². The second-order valence-corrected chi connectivity index (χ2v) is 19.0. The highest BCUT2D eigenvalue weighted by atomic mass is 35.6. The average molecular weight is 992 g/mol. The number of esters is 3. The molecule has 3 aromatic rings. The maximum atomic E-state index is 13.3. The van der Waals surface area contributed by atoms with Crippen molar-refractivity contribution in [1.82, 2.24) is 30.2 Å². The molecular weight excluding hydrogens is 923 g/mol. The zero-order valence-corrected chi connectivity index (χ0v) is 41.5. The SMILES string of the molecule is CC(C)(C)OC(=O)NCCCCCCNC(=O)CN1CCN(CC(=O)OCc2ccccc2)CCN(CC(=O)OCc2ccccc2)CCN(CC(=O)OCc2ccccc2)CC1.ClC(Cl)Cl. The van der Waals surface area contributed by atoms with Gasteiger partial charge in [-0.15, -0.1) is 0 Å². The molecule has 370 valence electrons. The van der Waals surface area contributed by atoms with Crippen molar-refractivity contribution in [3.63, 3.8) is 0 Å². The molecule has 0 bridgehead atoms. The fourth-order valence-electron chi connectivity index (χ4n) is 6.70. The Hall–Kier alpha value is -4.48. The van der Waals surface area contributed by atoms with Gasteiger partial charge in [0.15, 0.2) is 4.30 Å². The van der Waals surface area contributed by atoms with Crippen molar-refractivity contribution < 1.29 is 42.9 Å². The number of ether oxygens (including phenoxy) is 4. The van der Waals surface area contributed by atoms with E-state index < -0.39 is 16.0 Å². The fourth-order valence-corrected chi connectivity index (χ4v) is 6.70. The summed E-state index contributed by atoms with van der Waals surface area (Å²) in [4.78, 5) is 72.8. The molecule has 1 fully saturated rings. The third kappa shape index (κ3) is 29.1. The lowest BCUT2D eigenvalue weighted by atomic mass is 10.2. The van der Waals surface area contributed by atoms with E-state index in [0.29, 0.717) is 65.4 Å². The molecule has 3 aromatic carbocycles. The average Bonchev–Trinajstić information content (AvgIpc) is 3.28. The van der Waals surface area contributed by atoms with Crippen LogP contribution in [0.15, 0.2) is 91.0 Å². The summed E-state index contributed by atoms with van der Waals surface area (Å²) >= 11 is 14.4. The Morgan fingerprint density at radius 2 is 0.791 bits per heavy atom. The number of alkyl halides is 3. The summed E-state index contributed by atoms with van der Waals surface area (Å²) < 4.78 is 21.5. The molecule has 1 saturated heterocycles. The number of carbonyl (C=O) groups excluding carboxylic acids is 5. The smallest absolute Gasteiger partial charge is 0.407 e. The van der Waals surface area contributed by atoms with Crippen molar-refractivity contribution in [2.24, 2.45) is 0 Å². The maximum Gasteiger partial charge on any atom is 0.407 e. The number of hydrogen-bond donors (Lipinski definition) is 2. The molecule has 1 heterocycles. The first-order valence-electron chi connectivity index (χ1n) is 22.8. The maximum absolute atomic E-state index is 13.3. The van der Waals surface area contributed by atoms with Crippen molar-refractivity contribution in [3.05, 3.63) is 108 Å². The van der Waals surface area contributed by atoms with E-state index in [9.17, 15) is 24.0 Å². The van der Waals surface area contributed by atoms with Crippen molar-refractivity contribution in [3.8, 4) is 0 Å². The summed E-state index contributed by atoms with van der Waals surface area (Å²) in [6.45, 7) is 10.9. The van der Waals surface area contributed by atoms with Gasteiger partial charge >= 0.3 is 24.0 Å². The molecule has 18 heteroatoms. The number of carbonyl (C=O) groups is 5. The van der Waals surface area contributed by atoms with Crippen LogP contribution in [0.2, 0.25) is 0 Å². The third-order valence-electron chi connectivity index (χ3n) is 10.2. The molecule has 0 radical (unpaired) electrons.